The Labute approximate surface area is 706 Å². The zero-order chi connectivity index (χ0) is 86.6. The van der Waals surface area contributed by atoms with Crippen molar-refractivity contribution in [3.05, 3.63) is 147 Å². The summed E-state index contributed by atoms with van der Waals surface area (Å²) in [6, 6.07) is 12.7. The Morgan fingerprint density at radius 3 is 1.93 bits per heavy atom. The number of phenolic OH excluding ortho intramolecular Hbond substituents is 3. The number of imide groups is 1. The number of methoxy groups -OCH3 is 1. The molecule has 15 bridgehead atoms. The molecule has 16 N–H and O–H groups in total. The summed E-state index contributed by atoms with van der Waals surface area (Å²) in [5, 5.41) is 119. The van der Waals surface area contributed by atoms with Crippen LogP contribution in [0.25, 0.3) is 11.1 Å². The maximum atomic E-state index is 16.7. The van der Waals surface area contributed by atoms with E-state index >= 15 is 28.8 Å². The Kier molecular flexibility index (Phi) is 26.0. The summed E-state index contributed by atoms with van der Waals surface area (Å²) in [7, 11) is 1.39. The fraction of sp³-hybridized carbons (Fsp3) is 0.489. The highest BCUT2D eigenvalue weighted by Gasteiger charge is 2.53. The molecule has 18 atom stereocenters. The Morgan fingerprint density at radius 2 is 1.32 bits per heavy atom. The highest BCUT2D eigenvalue weighted by atomic mass is 35.5. The van der Waals surface area contributed by atoms with Gasteiger partial charge in [-0.2, -0.15) is 0 Å². The molecule has 0 aromatic heterocycles. The number of nitrogens with one attached hydrogen (secondary N) is 5. The van der Waals surface area contributed by atoms with Crippen LogP contribution in [0.4, 0.5) is 0 Å². The second-order valence-electron chi connectivity index (χ2n) is 34.1. The summed E-state index contributed by atoms with van der Waals surface area (Å²) in [5.74, 6) is -16.8. The molecule has 0 unspecified atom stereocenters. The smallest absolute Gasteiger partial charge is 0.257 e. The lowest BCUT2D eigenvalue weighted by atomic mass is 9.51. The number of halogens is 2. The number of phenols is 3. The molecule has 7 heterocycles. The number of aliphatic hydroxyl groups is 6. The standard InChI is InChI=1S/C88H100Cl2N6O25/c1-7-41(18-37(2)3)82(110)95-73-60(101)27-49(30-68(104)92-83(111)42-8-13-51(115-6)14-9-42)84(112)93-71-48-28-65(117-63-16-11-44(75(73)105)25-56(63)89)79(121-87-80(78(108)77(107)67(36-97)119-87)120-69-35-88(5,91)81(109)38(4)116-69)66(29-48)118-64-17-12-45(26-57(64)90)76(106)74-86(114)94-72(62(103)33-52-46-20-39-19-40(22-46)23-47(52)21-39)55-31-50(98)32-59(100)70(55)54-24-43(10-15-58(54)99)53(34-61(71)102)85(113)96-74/h8-17,24-26,28-29,31-32,37-41,46-47,49,52-53,67,69,71-78,80-81,87,97-100,105-109H,7,18-23,27,30,33-36,91H2,1-6H3,(H,93,112)(H,94,114)(H,95,110)(H,96,113)(H,92,104,111)/t38-,39?,40?,41+,46?,47?,49-,52?,53+,67+,69-,71+,72-,73-,74-,75+,76+,77+,78-,80+,81+,87-,88-/m0/s1. The molecule has 33 heteroatoms. The molecule has 11 aliphatic rings. The molecule has 0 radical (unpaired) electrons. The third-order valence-corrected chi connectivity index (χ3v) is 25.7. The van der Waals surface area contributed by atoms with Crippen LogP contribution in [0.3, 0.4) is 0 Å². The fourth-order valence-corrected chi connectivity index (χ4v) is 19.4. The number of benzene rings is 6. The van der Waals surface area contributed by atoms with Crippen LogP contribution in [-0.4, -0.2) is 179 Å². The zero-order valence-electron chi connectivity index (χ0n) is 67.2. The van der Waals surface area contributed by atoms with Crippen LogP contribution in [0.15, 0.2) is 103 Å². The SMILES string of the molecule is CC[C@H](CC(C)C)C(=O)N[C@H]1C(=O)C[C@@H](CC(=O)NC(=O)c2ccc(OC)cc2)C(=O)N[C@H]2C(=O)C[C@H]3C(=O)N[C@H](C(=O)N[C@H](C(=O)CC4C5CC6CC(C5)CC4C6)c4cc(O)cc(O)c4-c4cc3ccc4O)[C@H](O)c3ccc(c(Cl)c3)Oc3cc2cc(c3O[C@@H]2O[C@H](CO)[C@@H](O)[C@H](O)[C@H]2O[C@H]2C[C@](C)(N)[C@H](O)[C@H](C)O2)Oc2ccc(cc2Cl)[C@H]1O. The van der Waals surface area contributed by atoms with Crippen LogP contribution < -0.4 is 51.3 Å². The van der Waals surface area contributed by atoms with E-state index in [9.17, 15) is 60.3 Å². The number of hydrogen-bond acceptors (Lipinski definition) is 26. The average molecular weight is 1710 g/mol. The average Bonchev–Trinajstić information content (AvgIpc) is 0.753. The predicted octanol–water partition coefficient (Wildman–Crippen LogP) is 7.95. The Hall–Kier alpha value is -9.87. The van der Waals surface area contributed by atoms with E-state index in [2.05, 4.69) is 26.6 Å². The molecule has 4 saturated carbocycles. The minimum Gasteiger partial charge on any atom is -0.508 e. The van der Waals surface area contributed by atoms with Gasteiger partial charge in [0, 0.05) is 66.3 Å². The van der Waals surface area contributed by atoms with Crippen LogP contribution in [-0.2, 0) is 52.6 Å². The van der Waals surface area contributed by atoms with Crippen molar-refractivity contribution in [3.8, 4) is 62.9 Å². The maximum absolute atomic E-state index is 16.7. The van der Waals surface area contributed by atoms with Gasteiger partial charge in [-0.05, 0) is 201 Å². The van der Waals surface area contributed by atoms with Gasteiger partial charge in [0.25, 0.3) is 5.91 Å². The Balaban J connectivity index is 0.971. The van der Waals surface area contributed by atoms with E-state index < -0.39 is 228 Å². The monoisotopic (exact) mass is 1710 g/mol. The number of ether oxygens (including phenoxy) is 7. The molecule has 17 rings (SSSR count). The van der Waals surface area contributed by atoms with Gasteiger partial charge in [0.1, 0.15) is 89.2 Å². The first-order valence-electron chi connectivity index (χ1n) is 40.8. The number of hydrogen-bond donors (Lipinski definition) is 15. The van der Waals surface area contributed by atoms with E-state index in [4.69, 9.17) is 62.1 Å². The lowest BCUT2D eigenvalue weighted by molar-refractivity contribution is -0.333. The maximum Gasteiger partial charge on any atom is 0.257 e. The number of Topliss-reactive ketones (excluding diaryl/α,β-unsaturated/α-hetero) is 3. The van der Waals surface area contributed by atoms with Crippen LogP contribution >= 0.6 is 23.2 Å². The zero-order valence-corrected chi connectivity index (χ0v) is 68.7. The van der Waals surface area contributed by atoms with E-state index in [-0.39, 0.29) is 103 Å². The second-order valence-corrected chi connectivity index (χ2v) is 34.9. The van der Waals surface area contributed by atoms with Crippen molar-refractivity contribution >= 4 is 76.0 Å². The lowest BCUT2D eigenvalue weighted by Gasteiger charge is -2.54. The number of amides is 6. The van der Waals surface area contributed by atoms with Gasteiger partial charge in [0.2, 0.25) is 41.6 Å². The van der Waals surface area contributed by atoms with Crippen LogP contribution in [0.2, 0.25) is 10.0 Å². The summed E-state index contributed by atoms with van der Waals surface area (Å²) in [6.45, 7) is 7.57. The number of fused-ring (bicyclic) bond motifs is 15. The number of aliphatic hydroxyl groups excluding tert-OH is 6. The van der Waals surface area contributed by atoms with Crippen molar-refractivity contribution in [2.24, 2.45) is 53.1 Å². The van der Waals surface area contributed by atoms with Gasteiger partial charge in [0.15, 0.2) is 41.2 Å². The summed E-state index contributed by atoms with van der Waals surface area (Å²) < 4.78 is 44.4. The molecule has 0 spiro atoms. The molecular formula is C88H100Cl2N6O25. The molecule has 6 aromatic carbocycles. The summed E-state index contributed by atoms with van der Waals surface area (Å²) >= 11 is 14.5. The van der Waals surface area contributed by atoms with Crippen molar-refractivity contribution in [2.75, 3.05) is 13.7 Å². The number of nitrogens with two attached hydrogens (primary N) is 1. The van der Waals surface area contributed by atoms with Crippen molar-refractivity contribution in [2.45, 2.75) is 209 Å². The number of ketones is 3. The van der Waals surface area contributed by atoms with Gasteiger partial charge in [-0.3, -0.25) is 48.5 Å². The van der Waals surface area contributed by atoms with Gasteiger partial charge in [-0.15, -0.1) is 0 Å². The van der Waals surface area contributed by atoms with Crippen LogP contribution in [0.1, 0.15) is 180 Å². The summed E-state index contributed by atoms with van der Waals surface area (Å²) in [4.78, 5) is 139. The third-order valence-electron chi connectivity index (χ3n) is 25.1. The number of carbonyl (C=O) groups is 9. The van der Waals surface area contributed by atoms with E-state index in [0.717, 1.165) is 68.5 Å². The second kappa shape index (κ2) is 35.9. The fourth-order valence-electron chi connectivity index (χ4n) is 19.0. The molecule has 4 aliphatic carbocycles. The molecule has 7 aliphatic heterocycles. The van der Waals surface area contributed by atoms with Gasteiger partial charge >= 0.3 is 0 Å². The highest BCUT2D eigenvalue weighted by Crippen LogP contribution is 2.59. The molecular weight excluding hydrogens is 1610 g/mol. The van der Waals surface area contributed by atoms with E-state index in [1.54, 1.807) is 6.92 Å². The van der Waals surface area contributed by atoms with Crippen molar-refractivity contribution in [3.63, 3.8) is 0 Å². The van der Waals surface area contributed by atoms with Crippen molar-refractivity contribution in [1.29, 1.82) is 0 Å². The van der Waals surface area contributed by atoms with Crippen LogP contribution in [0.5, 0.6) is 51.7 Å². The number of aromatic hydroxyl groups is 3. The van der Waals surface area contributed by atoms with Gasteiger partial charge in [-0.25, -0.2) is 0 Å². The van der Waals surface area contributed by atoms with Crippen LogP contribution in [0, 0.1) is 47.3 Å². The van der Waals surface area contributed by atoms with E-state index in [1.165, 1.54) is 87.7 Å². The Morgan fingerprint density at radius 1 is 0.686 bits per heavy atom. The number of rotatable bonds is 17. The summed E-state index contributed by atoms with van der Waals surface area (Å²) in [6.07, 6.45) is -15.6. The van der Waals surface area contributed by atoms with Gasteiger partial charge in [0.05, 0.1) is 47.8 Å². The van der Waals surface area contributed by atoms with E-state index in [0.29, 0.717) is 24.0 Å². The van der Waals surface area contributed by atoms with Crippen molar-refractivity contribution < 1.29 is 122 Å². The molecule has 121 heavy (non-hydrogen) atoms. The first kappa shape index (κ1) is 87.5. The van der Waals surface area contributed by atoms with Gasteiger partial charge in [-0.1, -0.05) is 62.2 Å². The normalized spacial score (nSPS) is 31.1. The number of carbonyl (C=O) groups excluding carboxylic acids is 9. The molecule has 6 aromatic rings. The lowest BCUT2D eigenvalue weighted by Crippen LogP contribution is -2.64. The first-order chi connectivity index (χ1) is 57.5. The molecule has 31 nitrogen and oxygen atoms in total. The van der Waals surface area contributed by atoms with Gasteiger partial charge < -0.3 is 106 Å². The molecule has 6 amide bonds. The summed E-state index contributed by atoms with van der Waals surface area (Å²) in [5.41, 5.74) is 3.48. The molecule has 646 valence electrons. The largest absolute Gasteiger partial charge is 0.508 e. The molecule has 2 saturated heterocycles. The van der Waals surface area contributed by atoms with Crippen molar-refractivity contribution in [1.82, 2.24) is 26.6 Å². The first-order valence-corrected chi connectivity index (χ1v) is 41.5. The predicted molar refractivity (Wildman–Crippen MR) is 432 cm³/mol. The Bertz CT molecular complexity index is 4980. The molecule has 6 fully saturated rings. The van der Waals surface area contributed by atoms with E-state index in [1.807, 2.05) is 13.8 Å². The topological polar surface area (TPSA) is 486 Å². The minimum absolute atomic E-state index is 0.0500. The quantitative estimate of drug-likeness (QED) is 0.0412. The highest BCUT2D eigenvalue weighted by molar-refractivity contribution is 6.32. The minimum atomic E-state index is -2.25. The third kappa shape index (κ3) is 18.5.